The summed E-state index contributed by atoms with van der Waals surface area (Å²) in [6.07, 6.45) is 1.69. The lowest BCUT2D eigenvalue weighted by molar-refractivity contribution is -0.140. The van der Waals surface area contributed by atoms with Crippen LogP contribution in [0.3, 0.4) is 0 Å². The van der Waals surface area contributed by atoms with Gasteiger partial charge in [-0.25, -0.2) is 4.79 Å². The first-order chi connectivity index (χ1) is 10.5. The van der Waals surface area contributed by atoms with E-state index in [1.165, 1.54) is 23.8 Å². The van der Waals surface area contributed by atoms with Gasteiger partial charge in [0, 0.05) is 31.8 Å². The first kappa shape index (κ1) is 18.9. The number of ether oxygens (including phenoxy) is 1. The molecule has 1 rings (SSSR count). The molecule has 1 aromatic rings. The third-order valence-corrected chi connectivity index (χ3v) is 3.19. The van der Waals surface area contributed by atoms with Crippen molar-refractivity contribution in [2.24, 2.45) is 7.05 Å². The van der Waals surface area contributed by atoms with E-state index in [0.717, 1.165) is 0 Å². The topological polar surface area (TPSA) is 97.6 Å². The maximum absolute atomic E-state index is 12.2. The zero-order chi connectivity index (χ0) is 17.8. The Bertz CT molecular complexity index is 598. The van der Waals surface area contributed by atoms with Crippen molar-refractivity contribution < 1.29 is 24.2 Å². The first-order valence-corrected chi connectivity index (χ1v) is 7.36. The number of nitrogens with one attached hydrogen (secondary N) is 1. The number of ketones is 1. The van der Waals surface area contributed by atoms with Crippen LogP contribution >= 0.6 is 0 Å². The standard InChI is InChI=1S/C16H24N2O5/c1-10(19)11-8-13(18(5)9-11)14(20)17-12(15(21)22)6-7-23-16(2,3)4/h8-9,12H,6-7H2,1-5H3,(H,17,20)(H,21,22). The zero-order valence-electron chi connectivity index (χ0n) is 14.2. The van der Waals surface area contributed by atoms with E-state index in [2.05, 4.69) is 5.32 Å². The molecule has 0 aliphatic carbocycles. The highest BCUT2D eigenvalue weighted by molar-refractivity contribution is 6.00. The minimum atomic E-state index is -1.13. The van der Waals surface area contributed by atoms with E-state index in [9.17, 15) is 19.5 Å². The summed E-state index contributed by atoms with van der Waals surface area (Å²) >= 11 is 0. The molecule has 0 saturated carbocycles. The summed E-state index contributed by atoms with van der Waals surface area (Å²) in [7, 11) is 1.62. The number of amides is 1. The fraction of sp³-hybridized carbons (Fsp3) is 0.562. The first-order valence-electron chi connectivity index (χ1n) is 7.36. The molecule has 128 valence electrons. The predicted octanol–water partition coefficient (Wildman–Crippen LogP) is 1.62. The minimum absolute atomic E-state index is 0.155. The average molecular weight is 324 g/mol. The summed E-state index contributed by atoms with van der Waals surface area (Å²) in [4.78, 5) is 34.9. The Hall–Kier alpha value is -2.15. The third kappa shape index (κ3) is 5.86. The summed E-state index contributed by atoms with van der Waals surface area (Å²) in [5.74, 6) is -1.83. The highest BCUT2D eigenvalue weighted by Crippen LogP contribution is 2.10. The molecule has 0 fully saturated rings. The lowest BCUT2D eigenvalue weighted by Crippen LogP contribution is -2.42. The van der Waals surface area contributed by atoms with Gasteiger partial charge in [0.15, 0.2) is 5.78 Å². The molecule has 1 atom stereocenters. The molecule has 1 amide bonds. The Balaban J connectivity index is 2.74. The van der Waals surface area contributed by atoms with Crippen LogP contribution in [0, 0.1) is 0 Å². The van der Waals surface area contributed by atoms with Gasteiger partial charge in [-0.2, -0.15) is 0 Å². The largest absolute Gasteiger partial charge is 0.480 e. The van der Waals surface area contributed by atoms with E-state index in [4.69, 9.17) is 4.74 Å². The van der Waals surface area contributed by atoms with Crippen LogP contribution in [0.25, 0.3) is 0 Å². The van der Waals surface area contributed by atoms with Crippen LogP contribution in [0.15, 0.2) is 12.3 Å². The van der Waals surface area contributed by atoms with Crippen molar-refractivity contribution in [3.8, 4) is 0 Å². The van der Waals surface area contributed by atoms with Gasteiger partial charge in [-0.05, 0) is 33.8 Å². The summed E-state index contributed by atoms with van der Waals surface area (Å²) in [5.41, 5.74) is 0.264. The Labute approximate surface area is 135 Å². The molecule has 1 unspecified atom stereocenters. The Morgan fingerprint density at radius 1 is 1.35 bits per heavy atom. The number of carboxylic acid groups (broad SMARTS) is 1. The van der Waals surface area contributed by atoms with E-state index in [1.54, 1.807) is 7.05 Å². The van der Waals surface area contributed by atoms with Gasteiger partial charge in [-0.3, -0.25) is 9.59 Å². The van der Waals surface area contributed by atoms with Gasteiger partial charge in [0.05, 0.1) is 5.60 Å². The van der Waals surface area contributed by atoms with Crippen molar-refractivity contribution in [3.63, 3.8) is 0 Å². The molecule has 7 heteroatoms. The molecule has 0 saturated heterocycles. The lowest BCUT2D eigenvalue weighted by Gasteiger charge is -2.21. The molecule has 0 aliphatic heterocycles. The van der Waals surface area contributed by atoms with Gasteiger partial charge in [-0.15, -0.1) is 0 Å². The Morgan fingerprint density at radius 2 is 1.96 bits per heavy atom. The van der Waals surface area contributed by atoms with E-state index in [-0.39, 0.29) is 30.1 Å². The van der Waals surface area contributed by atoms with Crippen LogP contribution in [0.4, 0.5) is 0 Å². The number of carboxylic acids is 1. The Kier molecular flexibility index (Phi) is 6.09. The van der Waals surface area contributed by atoms with Crippen LogP contribution in [0.5, 0.6) is 0 Å². The van der Waals surface area contributed by atoms with Crippen LogP contribution in [0.2, 0.25) is 0 Å². The summed E-state index contributed by atoms with van der Waals surface area (Å²) < 4.78 is 6.99. The number of aromatic nitrogens is 1. The molecule has 0 radical (unpaired) electrons. The fourth-order valence-electron chi connectivity index (χ4n) is 1.96. The van der Waals surface area contributed by atoms with Gasteiger partial charge in [0.1, 0.15) is 11.7 Å². The van der Waals surface area contributed by atoms with E-state index < -0.39 is 17.9 Å². The molecule has 7 nitrogen and oxygen atoms in total. The predicted molar refractivity (Wildman–Crippen MR) is 84.6 cm³/mol. The SMILES string of the molecule is CC(=O)c1cc(C(=O)NC(CCOC(C)(C)C)C(=O)O)n(C)c1. The molecule has 1 heterocycles. The number of hydrogen-bond acceptors (Lipinski definition) is 4. The van der Waals surface area contributed by atoms with Gasteiger partial charge < -0.3 is 19.7 Å². The van der Waals surface area contributed by atoms with Crippen molar-refractivity contribution in [1.29, 1.82) is 0 Å². The van der Waals surface area contributed by atoms with Crippen molar-refractivity contribution in [2.45, 2.75) is 45.8 Å². The van der Waals surface area contributed by atoms with Crippen molar-refractivity contribution in [2.75, 3.05) is 6.61 Å². The summed E-state index contributed by atoms with van der Waals surface area (Å²) in [6, 6.07) is 0.392. The zero-order valence-corrected chi connectivity index (χ0v) is 14.2. The summed E-state index contributed by atoms with van der Waals surface area (Å²) in [6.45, 7) is 7.23. The monoisotopic (exact) mass is 324 g/mol. The minimum Gasteiger partial charge on any atom is -0.480 e. The van der Waals surface area contributed by atoms with E-state index >= 15 is 0 Å². The molecule has 0 aromatic carbocycles. The molecule has 23 heavy (non-hydrogen) atoms. The number of nitrogens with zero attached hydrogens (tertiary/aromatic N) is 1. The maximum Gasteiger partial charge on any atom is 0.326 e. The highest BCUT2D eigenvalue weighted by atomic mass is 16.5. The molecule has 2 N–H and O–H groups in total. The number of Topliss-reactive ketones (excluding diaryl/α,β-unsaturated/α-hetero) is 1. The molecule has 0 bridgehead atoms. The second-order valence-corrected chi connectivity index (χ2v) is 6.39. The third-order valence-electron chi connectivity index (χ3n) is 3.19. The molecule has 0 spiro atoms. The number of rotatable bonds is 7. The maximum atomic E-state index is 12.2. The van der Waals surface area contributed by atoms with E-state index in [0.29, 0.717) is 5.56 Å². The van der Waals surface area contributed by atoms with Crippen LogP contribution < -0.4 is 5.32 Å². The second-order valence-electron chi connectivity index (χ2n) is 6.39. The fourth-order valence-corrected chi connectivity index (χ4v) is 1.96. The van der Waals surface area contributed by atoms with Gasteiger partial charge in [0.25, 0.3) is 5.91 Å². The lowest BCUT2D eigenvalue weighted by atomic mass is 10.1. The Morgan fingerprint density at radius 3 is 2.39 bits per heavy atom. The number of aryl methyl sites for hydroxylation is 1. The van der Waals surface area contributed by atoms with Crippen LogP contribution in [-0.2, 0) is 16.6 Å². The molecule has 0 aliphatic rings. The normalized spacial score (nSPS) is 12.7. The molecular weight excluding hydrogens is 300 g/mol. The number of carbonyl (C=O) groups is 3. The average Bonchev–Trinajstić information content (AvgIpc) is 2.78. The van der Waals surface area contributed by atoms with Gasteiger partial charge >= 0.3 is 5.97 Å². The van der Waals surface area contributed by atoms with Gasteiger partial charge in [-0.1, -0.05) is 0 Å². The van der Waals surface area contributed by atoms with Crippen molar-refractivity contribution in [1.82, 2.24) is 9.88 Å². The van der Waals surface area contributed by atoms with E-state index in [1.807, 2.05) is 20.8 Å². The molecular formula is C16H24N2O5. The summed E-state index contributed by atoms with van der Waals surface area (Å²) in [5, 5.41) is 11.7. The van der Waals surface area contributed by atoms with Gasteiger partial charge in [0.2, 0.25) is 0 Å². The molecule has 1 aromatic heterocycles. The van der Waals surface area contributed by atoms with Crippen molar-refractivity contribution >= 4 is 17.7 Å². The van der Waals surface area contributed by atoms with Crippen LogP contribution in [0.1, 0.15) is 55.0 Å². The number of carbonyl (C=O) groups excluding carboxylic acids is 2. The smallest absolute Gasteiger partial charge is 0.326 e. The van der Waals surface area contributed by atoms with Crippen molar-refractivity contribution in [3.05, 3.63) is 23.5 Å². The second kappa shape index (κ2) is 7.41. The number of aliphatic carboxylic acids is 1. The quantitative estimate of drug-likeness (QED) is 0.743. The van der Waals surface area contributed by atoms with Crippen LogP contribution in [-0.4, -0.2) is 45.6 Å². The highest BCUT2D eigenvalue weighted by Gasteiger charge is 2.23. The number of hydrogen-bond donors (Lipinski definition) is 2.